The lowest BCUT2D eigenvalue weighted by molar-refractivity contribution is 0.0983. The van der Waals surface area contributed by atoms with Gasteiger partial charge in [0.05, 0.1) is 13.2 Å². The maximum atomic E-state index is 11.7. The Morgan fingerprint density at radius 3 is 2.95 bits per heavy atom. The molecule has 0 radical (unpaired) electrons. The lowest BCUT2D eigenvalue weighted by Gasteiger charge is -2.16. The molecule has 0 aliphatic carbocycles. The van der Waals surface area contributed by atoms with E-state index in [4.69, 9.17) is 9.84 Å². The van der Waals surface area contributed by atoms with Crippen LogP contribution in [-0.4, -0.2) is 36.4 Å². The molecule has 19 heavy (non-hydrogen) atoms. The first-order chi connectivity index (χ1) is 9.02. The van der Waals surface area contributed by atoms with Gasteiger partial charge in [-0.3, -0.25) is 0 Å². The van der Waals surface area contributed by atoms with Gasteiger partial charge in [0, 0.05) is 22.9 Å². The van der Waals surface area contributed by atoms with Crippen LogP contribution in [0, 0.1) is 17.8 Å². The second kappa shape index (κ2) is 7.82. The minimum atomic E-state index is -0.315. The molecule has 4 nitrogen and oxygen atoms in total. The molecule has 0 spiro atoms. The van der Waals surface area contributed by atoms with Gasteiger partial charge in [-0.1, -0.05) is 25.7 Å². The Bertz CT molecular complexity index is 471. The zero-order chi connectivity index (χ0) is 14.3. The second-order valence-electron chi connectivity index (χ2n) is 4.59. The minimum absolute atomic E-state index is 0.146. The molecular weight excluding hydrogens is 262 g/mol. The number of carbonyl (C=O) groups is 1. The summed E-state index contributed by atoms with van der Waals surface area (Å²) in [4.78, 5) is 14.3. The molecule has 0 saturated heterocycles. The highest BCUT2D eigenvalue weighted by molar-refractivity contribution is 7.10. The van der Waals surface area contributed by atoms with Crippen LogP contribution < -0.4 is 0 Å². The normalized spacial score (nSPS) is 9.95. The van der Waals surface area contributed by atoms with E-state index in [0.717, 1.165) is 10.4 Å². The van der Waals surface area contributed by atoms with Gasteiger partial charge < -0.3 is 14.7 Å². The topological polar surface area (TPSA) is 49.8 Å². The number of rotatable bonds is 4. The number of carbonyl (C=O) groups excluding carboxylic acids is 1. The molecule has 1 N–H and O–H groups in total. The Morgan fingerprint density at radius 2 is 2.32 bits per heavy atom. The second-order valence-corrected chi connectivity index (χ2v) is 5.58. The third-order valence-corrected chi connectivity index (χ3v) is 3.13. The Kier molecular flexibility index (Phi) is 6.40. The molecule has 0 aromatic carbocycles. The first kappa shape index (κ1) is 15.5. The van der Waals surface area contributed by atoms with Crippen LogP contribution in [0.4, 0.5) is 4.79 Å². The smallest absolute Gasteiger partial charge is 0.409 e. The molecular formula is C14H19NO3S. The molecule has 0 aliphatic rings. The van der Waals surface area contributed by atoms with Crippen molar-refractivity contribution in [2.24, 2.45) is 5.92 Å². The van der Waals surface area contributed by atoms with Crippen LogP contribution in [0.2, 0.25) is 0 Å². The Balaban J connectivity index is 2.49. The van der Waals surface area contributed by atoms with Crippen molar-refractivity contribution in [3.63, 3.8) is 0 Å². The molecule has 1 amide bonds. The third kappa shape index (κ3) is 5.77. The average Bonchev–Trinajstić information content (AvgIpc) is 2.80. The molecule has 0 aliphatic heterocycles. The number of hydrogen-bond donors (Lipinski definition) is 1. The Labute approximate surface area is 118 Å². The van der Waals surface area contributed by atoms with Gasteiger partial charge in [0.15, 0.2) is 0 Å². The van der Waals surface area contributed by atoms with Gasteiger partial charge in [-0.05, 0) is 12.0 Å². The van der Waals surface area contributed by atoms with E-state index in [1.54, 1.807) is 7.05 Å². The van der Waals surface area contributed by atoms with Crippen molar-refractivity contribution < 1.29 is 14.6 Å². The van der Waals surface area contributed by atoms with E-state index < -0.39 is 0 Å². The summed E-state index contributed by atoms with van der Waals surface area (Å²) in [6, 6.07) is 1.92. The molecule has 1 heterocycles. The van der Waals surface area contributed by atoms with Crippen molar-refractivity contribution in [3.8, 4) is 11.8 Å². The van der Waals surface area contributed by atoms with Crippen molar-refractivity contribution >= 4 is 17.4 Å². The Hall–Kier alpha value is -1.51. The van der Waals surface area contributed by atoms with Crippen molar-refractivity contribution in [1.82, 2.24) is 4.90 Å². The zero-order valence-corrected chi connectivity index (χ0v) is 12.3. The van der Waals surface area contributed by atoms with E-state index in [9.17, 15) is 4.79 Å². The van der Waals surface area contributed by atoms with E-state index in [1.165, 1.54) is 16.2 Å². The summed E-state index contributed by atoms with van der Waals surface area (Å²) in [5, 5.41) is 10.5. The van der Waals surface area contributed by atoms with Crippen molar-refractivity contribution in [2.45, 2.75) is 20.4 Å². The average molecular weight is 281 g/mol. The van der Waals surface area contributed by atoms with Crippen molar-refractivity contribution in [2.75, 3.05) is 20.3 Å². The van der Waals surface area contributed by atoms with Crippen LogP contribution in [0.15, 0.2) is 11.4 Å². The summed E-state index contributed by atoms with van der Waals surface area (Å²) < 4.78 is 5.14. The summed E-state index contributed by atoms with van der Waals surface area (Å²) in [7, 11) is 1.71. The molecule has 0 atom stereocenters. The van der Waals surface area contributed by atoms with Gasteiger partial charge in [-0.2, -0.15) is 0 Å². The predicted molar refractivity (Wildman–Crippen MR) is 75.9 cm³/mol. The molecule has 104 valence electrons. The predicted octanol–water partition coefficient (Wildman–Crippen LogP) is 2.32. The largest absolute Gasteiger partial charge is 0.449 e. The minimum Gasteiger partial charge on any atom is -0.449 e. The fourth-order valence-corrected chi connectivity index (χ4v) is 2.19. The standard InChI is InChI=1S/C14H19NO3S/c1-11(2)9-18-14(17)15(3)8-13-7-12(10-19-13)5-4-6-16/h7,10-11,16H,6,8-9H2,1-3H3. The summed E-state index contributed by atoms with van der Waals surface area (Å²) in [6.45, 7) is 4.78. The van der Waals surface area contributed by atoms with E-state index in [1.807, 2.05) is 25.3 Å². The fourth-order valence-electron chi connectivity index (χ4n) is 1.32. The lowest BCUT2D eigenvalue weighted by atomic mass is 10.2. The van der Waals surface area contributed by atoms with E-state index in [0.29, 0.717) is 19.1 Å². The number of ether oxygens (including phenoxy) is 1. The highest BCUT2D eigenvalue weighted by Gasteiger charge is 2.12. The highest BCUT2D eigenvalue weighted by atomic mass is 32.1. The van der Waals surface area contributed by atoms with Gasteiger partial charge in [-0.15, -0.1) is 11.3 Å². The van der Waals surface area contributed by atoms with E-state index in [2.05, 4.69) is 11.8 Å². The SMILES string of the molecule is CC(C)COC(=O)N(C)Cc1cc(C#CCO)cs1. The van der Waals surface area contributed by atoms with Gasteiger partial charge >= 0.3 is 6.09 Å². The van der Waals surface area contributed by atoms with Crippen LogP contribution in [0.5, 0.6) is 0 Å². The van der Waals surface area contributed by atoms with Crippen LogP contribution in [0.3, 0.4) is 0 Å². The van der Waals surface area contributed by atoms with Crippen LogP contribution in [0.1, 0.15) is 24.3 Å². The van der Waals surface area contributed by atoms with Crippen molar-refractivity contribution in [3.05, 3.63) is 21.9 Å². The number of thiophene rings is 1. The third-order valence-electron chi connectivity index (χ3n) is 2.21. The van der Waals surface area contributed by atoms with E-state index >= 15 is 0 Å². The quantitative estimate of drug-likeness (QED) is 0.862. The number of amides is 1. The van der Waals surface area contributed by atoms with E-state index in [-0.39, 0.29) is 12.7 Å². The molecule has 1 aromatic rings. The zero-order valence-electron chi connectivity index (χ0n) is 11.5. The summed E-state index contributed by atoms with van der Waals surface area (Å²) in [6.07, 6.45) is -0.315. The first-order valence-electron chi connectivity index (χ1n) is 6.08. The van der Waals surface area contributed by atoms with Gasteiger partial charge in [0.2, 0.25) is 0 Å². The van der Waals surface area contributed by atoms with Crippen LogP contribution in [0.25, 0.3) is 0 Å². The van der Waals surface area contributed by atoms with Gasteiger partial charge in [0.25, 0.3) is 0 Å². The Morgan fingerprint density at radius 1 is 1.58 bits per heavy atom. The summed E-state index contributed by atoms with van der Waals surface area (Å²) in [5.41, 5.74) is 0.859. The molecule has 0 unspecified atom stereocenters. The van der Waals surface area contributed by atoms with Gasteiger partial charge in [0.1, 0.15) is 6.61 Å². The summed E-state index contributed by atoms with van der Waals surface area (Å²) in [5.74, 6) is 5.76. The number of aliphatic hydroxyl groups is 1. The molecule has 0 bridgehead atoms. The lowest BCUT2D eigenvalue weighted by Crippen LogP contribution is -2.27. The maximum Gasteiger partial charge on any atom is 0.409 e. The number of nitrogens with zero attached hydrogens (tertiary/aromatic N) is 1. The molecule has 1 aromatic heterocycles. The van der Waals surface area contributed by atoms with Crippen LogP contribution >= 0.6 is 11.3 Å². The maximum absolute atomic E-state index is 11.7. The van der Waals surface area contributed by atoms with Crippen LogP contribution in [-0.2, 0) is 11.3 Å². The number of aliphatic hydroxyl groups excluding tert-OH is 1. The molecule has 5 heteroatoms. The number of hydrogen-bond acceptors (Lipinski definition) is 4. The van der Waals surface area contributed by atoms with Crippen molar-refractivity contribution in [1.29, 1.82) is 0 Å². The first-order valence-corrected chi connectivity index (χ1v) is 6.96. The fraction of sp³-hybridized carbons (Fsp3) is 0.500. The highest BCUT2D eigenvalue weighted by Crippen LogP contribution is 2.16. The van der Waals surface area contributed by atoms with Gasteiger partial charge in [-0.25, -0.2) is 4.79 Å². The summed E-state index contributed by atoms with van der Waals surface area (Å²) >= 11 is 1.54. The molecule has 1 rings (SSSR count). The molecule has 0 saturated carbocycles. The molecule has 0 fully saturated rings. The monoisotopic (exact) mass is 281 g/mol.